The van der Waals surface area contributed by atoms with Crippen molar-refractivity contribution in [1.29, 1.82) is 5.26 Å². The SMILES string of the molecule is C=C(/C=C\N=CCC)OC(=C)CC.C=CCC.CC.CC.CNc1nn2c(N)nc(N3CCN(CCO)CC3)nc2c1C#N. The topological polar surface area (TPSA) is 153 Å². The van der Waals surface area contributed by atoms with E-state index in [9.17, 15) is 5.26 Å². The second-order valence-corrected chi connectivity index (χ2v) is 8.47. The van der Waals surface area contributed by atoms with Gasteiger partial charge in [0.25, 0.3) is 0 Å². The number of hydrogen-bond acceptors (Lipinski definition) is 11. The molecule has 1 saturated heterocycles. The van der Waals surface area contributed by atoms with Crippen LogP contribution in [0.5, 0.6) is 0 Å². The number of hydrogen-bond donors (Lipinski definition) is 3. The van der Waals surface area contributed by atoms with Crippen LogP contribution in [-0.4, -0.2) is 82.2 Å². The summed E-state index contributed by atoms with van der Waals surface area (Å²) in [6, 6.07) is 2.10. The van der Waals surface area contributed by atoms with Crippen LogP contribution in [0.3, 0.4) is 0 Å². The van der Waals surface area contributed by atoms with Crippen LogP contribution in [0.4, 0.5) is 17.7 Å². The Morgan fingerprint density at radius 1 is 1.11 bits per heavy atom. The molecule has 2 aromatic rings. The number of aliphatic imine (C=N–C) groups is 1. The molecule has 0 saturated carbocycles. The molecule has 0 unspecified atom stereocenters. The van der Waals surface area contributed by atoms with Gasteiger partial charge in [-0.2, -0.15) is 19.7 Å². The second kappa shape index (κ2) is 26.4. The Kier molecular flexibility index (Phi) is 25.2. The average molecular weight is 613 g/mol. The molecule has 3 rings (SSSR count). The van der Waals surface area contributed by atoms with E-state index in [1.54, 1.807) is 19.3 Å². The number of nitrogens with zero attached hydrogens (tertiary/aromatic N) is 8. The minimum absolute atomic E-state index is 0.156. The molecule has 2 aromatic heterocycles. The number of rotatable bonds is 11. The van der Waals surface area contributed by atoms with Crippen molar-refractivity contribution < 1.29 is 9.84 Å². The fraction of sp³-hybridized carbons (Fsp3) is 0.531. The van der Waals surface area contributed by atoms with Crippen molar-refractivity contribution in [2.24, 2.45) is 4.99 Å². The first kappa shape index (κ1) is 41.9. The van der Waals surface area contributed by atoms with Gasteiger partial charge >= 0.3 is 0 Å². The summed E-state index contributed by atoms with van der Waals surface area (Å²) in [7, 11) is 1.69. The zero-order valence-corrected chi connectivity index (χ0v) is 28.3. The van der Waals surface area contributed by atoms with Gasteiger partial charge in [-0.15, -0.1) is 11.7 Å². The predicted molar refractivity (Wildman–Crippen MR) is 186 cm³/mol. The van der Waals surface area contributed by atoms with Gasteiger partial charge in [0.2, 0.25) is 11.9 Å². The number of aromatic nitrogens is 4. The maximum Gasteiger partial charge on any atom is 0.230 e. The number of aliphatic hydroxyl groups excluding tert-OH is 1. The third kappa shape index (κ3) is 15.3. The largest absolute Gasteiger partial charge is 0.463 e. The van der Waals surface area contributed by atoms with Crippen molar-refractivity contribution in [3.63, 3.8) is 0 Å². The van der Waals surface area contributed by atoms with Gasteiger partial charge in [-0.3, -0.25) is 9.89 Å². The highest BCUT2D eigenvalue weighted by atomic mass is 16.5. The van der Waals surface area contributed by atoms with Gasteiger partial charge in [-0.1, -0.05) is 67.7 Å². The van der Waals surface area contributed by atoms with Crippen LogP contribution < -0.4 is 16.0 Å². The Morgan fingerprint density at radius 2 is 1.73 bits per heavy atom. The van der Waals surface area contributed by atoms with Crippen molar-refractivity contribution in [3.05, 3.63) is 55.2 Å². The Hall–Kier alpha value is -4.21. The van der Waals surface area contributed by atoms with E-state index in [0.29, 0.717) is 41.0 Å². The zero-order chi connectivity index (χ0) is 33.9. The van der Waals surface area contributed by atoms with Crippen LogP contribution in [0, 0.1) is 11.3 Å². The fourth-order valence-corrected chi connectivity index (χ4v) is 3.26. The van der Waals surface area contributed by atoms with Crippen molar-refractivity contribution >= 4 is 29.6 Å². The zero-order valence-electron chi connectivity index (χ0n) is 28.3. The van der Waals surface area contributed by atoms with Crippen LogP contribution in [0.1, 0.15) is 73.3 Å². The lowest BCUT2D eigenvalue weighted by molar-refractivity contribution is 0.188. The second-order valence-electron chi connectivity index (χ2n) is 8.47. The first-order valence-electron chi connectivity index (χ1n) is 15.4. The Labute approximate surface area is 265 Å². The van der Waals surface area contributed by atoms with Crippen LogP contribution in [0.25, 0.3) is 5.65 Å². The lowest BCUT2D eigenvalue weighted by Crippen LogP contribution is -2.47. The molecule has 0 bridgehead atoms. The number of piperazine rings is 1. The van der Waals surface area contributed by atoms with E-state index in [4.69, 9.17) is 15.6 Å². The van der Waals surface area contributed by atoms with Gasteiger partial charge in [0, 0.05) is 58.6 Å². The molecule has 0 aromatic carbocycles. The van der Waals surface area contributed by atoms with Gasteiger partial charge in [-0.25, -0.2) is 0 Å². The third-order valence-corrected chi connectivity index (χ3v) is 5.51. The van der Waals surface area contributed by atoms with Gasteiger partial charge in [-0.05, 0) is 18.9 Å². The quantitative estimate of drug-likeness (QED) is 0.123. The molecule has 0 atom stereocenters. The lowest BCUT2D eigenvalue weighted by atomic mass is 10.3. The number of aliphatic hydroxyl groups is 1. The molecule has 44 heavy (non-hydrogen) atoms. The summed E-state index contributed by atoms with van der Waals surface area (Å²) in [6.45, 7) is 28.9. The van der Waals surface area contributed by atoms with E-state index in [0.717, 1.165) is 45.4 Å². The summed E-state index contributed by atoms with van der Waals surface area (Å²) in [4.78, 5) is 17.0. The van der Waals surface area contributed by atoms with Crippen molar-refractivity contribution in [2.45, 2.75) is 67.7 Å². The van der Waals surface area contributed by atoms with E-state index in [1.165, 1.54) is 4.52 Å². The van der Waals surface area contributed by atoms with E-state index in [2.05, 4.69) is 63.0 Å². The normalized spacial score (nSPS) is 12.3. The number of β-amino-alcohol motifs (C(OH)–C–C–N with tert-alkyl or cyclic N) is 1. The Balaban J connectivity index is 0. The fourth-order valence-electron chi connectivity index (χ4n) is 3.26. The summed E-state index contributed by atoms with van der Waals surface area (Å²) in [5.41, 5.74) is 6.72. The van der Waals surface area contributed by atoms with Gasteiger partial charge in [0.1, 0.15) is 17.4 Å². The number of ether oxygens (including phenoxy) is 1. The molecule has 12 heteroatoms. The van der Waals surface area contributed by atoms with E-state index in [-0.39, 0.29) is 12.6 Å². The number of fused-ring (bicyclic) bond motifs is 1. The maximum absolute atomic E-state index is 9.33. The molecule has 0 spiro atoms. The monoisotopic (exact) mass is 612 g/mol. The Morgan fingerprint density at radius 3 is 2.20 bits per heavy atom. The number of nitriles is 1. The number of anilines is 3. The summed E-state index contributed by atoms with van der Waals surface area (Å²) in [5, 5.41) is 25.4. The summed E-state index contributed by atoms with van der Waals surface area (Å²) in [6.07, 6.45) is 9.88. The number of allylic oxidation sites excluding steroid dienone is 3. The summed E-state index contributed by atoms with van der Waals surface area (Å²) in [5.74, 6) is 2.41. The first-order chi connectivity index (χ1) is 21.3. The first-order valence-corrected chi connectivity index (χ1v) is 15.4. The molecule has 1 aliphatic rings. The third-order valence-electron chi connectivity index (χ3n) is 5.51. The molecule has 246 valence electrons. The molecule has 12 nitrogen and oxygen atoms in total. The molecular formula is C32H56N10O2. The average Bonchev–Trinajstić information content (AvgIpc) is 3.44. The number of nitrogens with two attached hydrogens (primary N) is 1. The Bertz CT molecular complexity index is 1190. The maximum atomic E-state index is 9.33. The molecule has 3 heterocycles. The summed E-state index contributed by atoms with van der Waals surface area (Å²) >= 11 is 0. The standard InChI is InChI=1S/C13H19N9O.C11H17NO.C4H8.2C2H6/c1-16-10-9(8-14)11-17-13(18-12(15)22(11)19-10)21-4-2-20(3-5-21)6-7-23;1-5-8-12-9-7-11(4)13-10(3)6-2;1-3-4-2;2*1-2/h23H,2-7H2,1H3,(H,16,19)(H2,15,17,18);7-9H,3-6H2,1-2H3;3H,1,4H2,2H3;2*1-2H3/b;9-7-,12-8?;;;. The number of nitrogens with one attached hydrogen (secondary N) is 1. The van der Waals surface area contributed by atoms with Crippen LogP contribution in [0.15, 0.2) is 54.6 Å². The number of nitrogen functional groups attached to an aromatic ring is 1. The van der Waals surface area contributed by atoms with Gasteiger partial charge in [0.05, 0.1) is 12.4 Å². The smallest absolute Gasteiger partial charge is 0.230 e. The molecule has 0 amide bonds. The van der Waals surface area contributed by atoms with Gasteiger partial charge in [0.15, 0.2) is 11.5 Å². The molecule has 0 aliphatic carbocycles. The van der Waals surface area contributed by atoms with Crippen molar-refractivity contribution in [2.75, 3.05) is 62.3 Å². The molecular weight excluding hydrogens is 556 g/mol. The highest BCUT2D eigenvalue weighted by molar-refractivity contribution is 5.69. The van der Waals surface area contributed by atoms with Crippen LogP contribution in [0.2, 0.25) is 0 Å². The molecule has 1 fully saturated rings. The minimum Gasteiger partial charge on any atom is -0.463 e. The van der Waals surface area contributed by atoms with E-state index >= 15 is 0 Å². The summed E-state index contributed by atoms with van der Waals surface area (Å²) < 4.78 is 6.60. The van der Waals surface area contributed by atoms with Gasteiger partial charge < -0.3 is 25.8 Å². The minimum atomic E-state index is 0.156. The highest BCUT2D eigenvalue weighted by Crippen LogP contribution is 2.22. The van der Waals surface area contributed by atoms with Crippen LogP contribution >= 0.6 is 0 Å². The van der Waals surface area contributed by atoms with Crippen molar-refractivity contribution in [3.8, 4) is 6.07 Å². The molecule has 0 radical (unpaired) electrons. The highest BCUT2D eigenvalue weighted by Gasteiger charge is 2.22. The molecule has 4 N–H and O–H groups in total. The van der Waals surface area contributed by atoms with Crippen LogP contribution in [-0.2, 0) is 4.74 Å². The van der Waals surface area contributed by atoms with E-state index < -0.39 is 0 Å². The van der Waals surface area contributed by atoms with Crippen molar-refractivity contribution in [1.82, 2.24) is 24.5 Å². The van der Waals surface area contributed by atoms with E-state index in [1.807, 2.05) is 58.7 Å². The lowest BCUT2D eigenvalue weighted by Gasteiger charge is -2.34. The molecule has 1 aliphatic heterocycles. The predicted octanol–water partition coefficient (Wildman–Crippen LogP) is 5.80.